The highest BCUT2D eigenvalue weighted by Gasteiger charge is 2.32. The van der Waals surface area contributed by atoms with Crippen LogP contribution in [0.4, 0.5) is 32.0 Å². The fourth-order valence-corrected chi connectivity index (χ4v) is 1.71. The molecule has 0 aliphatic rings. The van der Waals surface area contributed by atoms with Gasteiger partial charge in [0.1, 0.15) is 5.75 Å². The van der Waals surface area contributed by atoms with E-state index in [4.69, 9.17) is 0 Å². The normalized spacial score (nSPS) is 12.6. The van der Waals surface area contributed by atoms with Crippen molar-refractivity contribution in [2.24, 2.45) is 4.99 Å². The maximum absolute atomic E-state index is 12.6. The van der Waals surface area contributed by atoms with Crippen molar-refractivity contribution < 1.29 is 31.1 Å². The van der Waals surface area contributed by atoms with Crippen molar-refractivity contribution in [3.05, 3.63) is 59.7 Å². The van der Waals surface area contributed by atoms with Gasteiger partial charge in [0.05, 0.1) is 11.3 Å². The standard InChI is InChI=1S/C15H9F6NO/c16-14(17,18)11-5-3-6-12(8-11)22-9-10-4-1-2-7-13(10)23-15(19,20)21/h1-9H/b22-9+. The quantitative estimate of drug-likeness (QED) is 0.548. The fraction of sp³-hybridized carbons (Fsp3) is 0.133. The van der Waals surface area contributed by atoms with E-state index in [0.29, 0.717) is 0 Å². The molecule has 8 heteroatoms. The van der Waals surface area contributed by atoms with Crippen LogP contribution in [-0.2, 0) is 6.18 Å². The fourth-order valence-electron chi connectivity index (χ4n) is 1.71. The Bertz CT molecular complexity index is 706. The molecule has 122 valence electrons. The summed E-state index contributed by atoms with van der Waals surface area (Å²) in [6, 6.07) is 9.31. The molecule has 0 aliphatic carbocycles. The highest BCUT2D eigenvalue weighted by atomic mass is 19.4. The monoisotopic (exact) mass is 333 g/mol. The first kappa shape index (κ1) is 16.9. The Hall–Kier alpha value is -2.51. The topological polar surface area (TPSA) is 21.6 Å². The van der Waals surface area contributed by atoms with Crippen molar-refractivity contribution in [1.29, 1.82) is 0 Å². The Morgan fingerprint density at radius 2 is 1.57 bits per heavy atom. The molecule has 2 aromatic rings. The molecule has 0 amide bonds. The summed E-state index contributed by atoms with van der Waals surface area (Å²) >= 11 is 0. The number of nitrogens with zero attached hydrogens (tertiary/aromatic N) is 1. The number of halogens is 6. The van der Waals surface area contributed by atoms with Crippen molar-refractivity contribution in [2.75, 3.05) is 0 Å². The number of alkyl halides is 6. The molecule has 0 aliphatic heterocycles. The Morgan fingerprint density at radius 3 is 2.22 bits per heavy atom. The predicted octanol–water partition coefficient (Wildman–Crippen LogP) is 5.35. The third kappa shape index (κ3) is 5.01. The van der Waals surface area contributed by atoms with Crippen LogP contribution >= 0.6 is 0 Å². The molecule has 0 unspecified atom stereocenters. The van der Waals surface area contributed by atoms with Gasteiger partial charge in [-0.25, -0.2) is 0 Å². The minimum absolute atomic E-state index is 0.0118. The molecule has 0 fully saturated rings. The first-order chi connectivity index (χ1) is 10.6. The van der Waals surface area contributed by atoms with Crippen LogP contribution in [0.25, 0.3) is 0 Å². The van der Waals surface area contributed by atoms with Crippen molar-refractivity contribution >= 4 is 11.9 Å². The van der Waals surface area contributed by atoms with Gasteiger partial charge in [0.2, 0.25) is 0 Å². The predicted molar refractivity (Wildman–Crippen MR) is 71.8 cm³/mol. The molecule has 2 aromatic carbocycles. The summed E-state index contributed by atoms with van der Waals surface area (Å²) in [5, 5.41) is 0. The van der Waals surface area contributed by atoms with Crippen molar-refractivity contribution in [3.63, 3.8) is 0 Å². The number of para-hydroxylation sites is 1. The third-order valence-corrected chi connectivity index (χ3v) is 2.67. The lowest BCUT2D eigenvalue weighted by molar-refractivity contribution is -0.274. The van der Waals surface area contributed by atoms with E-state index in [1.54, 1.807) is 0 Å². The van der Waals surface area contributed by atoms with Gasteiger partial charge in [0.25, 0.3) is 0 Å². The molecule has 0 saturated heterocycles. The number of hydrogen-bond donors (Lipinski definition) is 0. The molecule has 0 aromatic heterocycles. The Morgan fingerprint density at radius 1 is 0.870 bits per heavy atom. The second kappa shape index (κ2) is 6.31. The number of ether oxygens (including phenoxy) is 1. The highest BCUT2D eigenvalue weighted by molar-refractivity contribution is 5.85. The molecule has 0 atom stereocenters. The Kier molecular flexibility index (Phi) is 4.63. The van der Waals surface area contributed by atoms with Crippen molar-refractivity contribution in [3.8, 4) is 5.75 Å². The van der Waals surface area contributed by atoms with Gasteiger partial charge in [-0.15, -0.1) is 13.2 Å². The first-order valence-electron chi connectivity index (χ1n) is 6.21. The van der Waals surface area contributed by atoms with Crippen LogP contribution in [-0.4, -0.2) is 12.6 Å². The van der Waals surface area contributed by atoms with E-state index < -0.39 is 23.9 Å². The molecule has 2 nitrogen and oxygen atoms in total. The van der Waals surface area contributed by atoms with Gasteiger partial charge in [-0.3, -0.25) is 4.99 Å². The molecule has 0 spiro atoms. The lowest BCUT2D eigenvalue weighted by Gasteiger charge is -2.10. The largest absolute Gasteiger partial charge is 0.573 e. The van der Waals surface area contributed by atoms with E-state index in [2.05, 4.69) is 9.73 Å². The van der Waals surface area contributed by atoms with Gasteiger partial charge in [0, 0.05) is 11.8 Å². The minimum Gasteiger partial charge on any atom is -0.405 e. The third-order valence-electron chi connectivity index (χ3n) is 2.67. The van der Waals surface area contributed by atoms with E-state index in [1.165, 1.54) is 24.3 Å². The summed E-state index contributed by atoms with van der Waals surface area (Å²) in [5.41, 5.74) is -0.948. The van der Waals surface area contributed by atoms with Crippen LogP contribution in [0.5, 0.6) is 5.75 Å². The second-order valence-corrected chi connectivity index (χ2v) is 4.39. The van der Waals surface area contributed by atoms with Crippen LogP contribution < -0.4 is 4.74 Å². The summed E-state index contributed by atoms with van der Waals surface area (Å²) < 4.78 is 78.4. The summed E-state index contributed by atoms with van der Waals surface area (Å²) in [4.78, 5) is 3.77. The number of hydrogen-bond acceptors (Lipinski definition) is 2. The zero-order chi connectivity index (χ0) is 17.1. The maximum Gasteiger partial charge on any atom is 0.573 e. The molecule has 0 radical (unpaired) electrons. The molecule has 0 N–H and O–H groups in total. The first-order valence-corrected chi connectivity index (χ1v) is 6.21. The summed E-state index contributed by atoms with van der Waals surface area (Å²) in [5.74, 6) is -0.490. The van der Waals surface area contributed by atoms with Crippen LogP contribution in [0.15, 0.2) is 53.5 Å². The molecule has 0 bridgehead atoms. The molecule has 0 saturated carbocycles. The highest BCUT2D eigenvalue weighted by Crippen LogP contribution is 2.31. The lowest BCUT2D eigenvalue weighted by atomic mass is 10.2. The molecular formula is C15H9F6NO. The summed E-state index contributed by atoms with van der Waals surface area (Å²) in [6.07, 6.45) is -8.39. The smallest absolute Gasteiger partial charge is 0.405 e. The Balaban J connectivity index is 2.28. The minimum atomic E-state index is -4.87. The van der Waals surface area contributed by atoms with E-state index in [0.717, 1.165) is 30.5 Å². The molecular weight excluding hydrogens is 324 g/mol. The zero-order valence-corrected chi connectivity index (χ0v) is 11.3. The van der Waals surface area contributed by atoms with Gasteiger partial charge >= 0.3 is 12.5 Å². The van der Waals surface area contributed by atoms with Crippen LogP contribution in [0, 0.1) is 0 Å². The van der Waals surface area contributed by atoms with Crippen molar-refractivity contribution in [1.82, 2.24) is 0 Å². The van der Waals surface area contributed by atoms with Crippen LogP contribution in [0.2, 0.25) is 0 Å². The van der Waals surface area contributed by atoms with Gasteiger partial charge < -0.3 is 4.74 Å². The molecule has 2 rings (SSSR count). The summed E-state index contributed by atoms with van der Waals surface area (Å²) in [6.45, 7) is 0. The number of aliphatic imine (C=N–C) groups is 1. The van der Waals surface area contributed by atoms with Gasteiger partial charge in [-0.2, -0.15) is 13.2 Å². The van der Waals surface area contributed by atoms with Crippen LogP contribution in [0.1, 0.15) is 11.1 Å². The molecule has 0 heterocycles. The average molecular weight is 333 g/mol. The maximum atomic E-state index is 12.6. The number of benzene rings is 2. The van der Waals surface area contributed by atoms with E-state index in [-0.39, 0.29) is 11.3 Å². The van der Waals surface area contributed by atoms with E-state index in [1.807, 2.05) is 0 Å². The lowest BCUT2D eigenvalue weighted by Crippen LogP contribution is -2.18. The van der Waals surface area contributed by atoms with E-state index in [9.17, 15) is 26.3 Å². The van der Waals surface area contributed by atoms with E-state index >= 15 is 0 Å². The second-order valence-electron chi connectivity index (χ2n) is 4.39. The average Bonchev–Trinajstić information content (AvgIpc) is 2.44. The van der Waals surface area contributed by atoms with Gasteiger partial charge in [-0.05, 0) is 30.3 Å². The summed E-state index contributed by atoms with van der Waals surface area (Å²) in [7, 11) is 0. The molecule has 23 heavy (non-hydrogen) atoms. The van der Waals surface area contributed by atoms with Crippen molar-refractivity contribution in [2.45, 2.75) is 12.5 Å². The van der Waals surface area contributed by atoms with Gasteiger partial charge in [-0.1, -0.05) is 18.2 Å². The number of rotatable bonds is 3. The zero-order valence-electron chi connectivity index (χ0n) is 11.3. The SMILES string of the molecule is FC(F)(F)Oc1ccccc1/C=N/c1cccc(C(F)(F)F)c1. The van der Waals surface area contributed by atoms with Gasteiger partial charge in [0.15, 0.2) is 0 Å². The Labute approximate surface area is 127 Å². The van der Waals surface area contributed by atoms with Crippen LogP contribution in [0.3, 0.4) is 0 Å².